The maximum Gasteiger partial charge on any atom is 0.325 e. The molecular weight excluding hydrogens is 194 g/mol. The zero-order chi connectivity index (χ0) is 11.7. The lowest BCUT2D eigenvalue weighted by Crippen LogP contribution is -2.36. The van der Waals surface area contributed by atoms with Gasteiger partial charge >= 0.3 is 5.97 Å². The van der Waals surface area contributed by atoms with Gasteiger partial charge in [0.25, 0.3) is 5.91 Å². The molecule has 4 nitrogen and oxygen atoms in total. The third-order valence-corrected chi connectivity index (χ3v) is 1.64. The molecule has 1 amide bonds. The first-order chi connectivity index (χ1) is 7.15. The average molecular weight is 211 g/mol. The van der Waals surface area contributed by atoms with Gasteiger partial charge in [-0.3, -0.25) is 9.59 Å². The van der Waals surface area contributed by atoms with Crippen molar-refractivity contribution in [3.63, 3.8) is 0 Å². The molecule has 0 aliphatic rings. The minimum atomic E-state index is -0.391. The fourth-order valence-electron chi connectivity index (χ4n) is 1.07. The molecule has 0 heterocycles. The van der Waals surface area contributed by atoms with Gasteiger partial charge in [-0.25, -0.2) is 0 Å². The van der Waals surface area contributed by atoms with Crippen LogP contribution >= 0.6 is 0 Å². The summed E-state index contributed by atoms with van der Waals surface area (Å²) in [6.07, 6.45) is 0.788. The molecule has 15 heavy (non-hydrogen) atoms. The molecule has 0 aromatic rings. The molecule has 0 aliphatic carbocycles. The van der Waals surface area contributed by atoms with Crippen molar-refractivity contribution in [3.05, 3.63) is 0 Å². The number of hydrogen-bond acceptors (Lipinski definition) is 3. The number of nitrogens with zero attached hydrogens (tertiary/aromatic N) is 1. The highest BCUT2D eigenvalue weighted by atomic mass is 16.5. The Kier molecular flexibility index (Phi) is 7.08. The fourth-order valence-corrected chi connectivity index (χ4v) is 1.07. The van der Waals surface area contributed by atoms with Crippen LogP contribution in [-0.2, 0) is 14.3 Å². The summed E-state index contributed by atoms with van der Waals surface area (Å²) < 4.78 is 4.77. The zero-order valence-electron chi connectivity index (χ0n) is 9.50. The predicted molar refractivity (Wildman–Crippen MR) is 57.0 cm³/mol. The van der Waals surface area contributed by atoms with Crippen molar-refractivity contribution in [1.29, 1.82) is 0 Å². The van der Waals surface area contributed by atoms with Crippen LogP contribution in [-0.4, -0.2) is 36.5 Å². The molecule has 0 unspecified atom stereocenters. The van der Waals surface area contributed by atoms with Crippen molar-refractivity contribution < 1.29 is 14.3 Å². The zero-order valence-corrected chi connectivity index (χ0v) is 9.50. The monoisotopic (exact) mass is 211 g/mol. The van der Waals surface area contributed by atoms with E-state index in [0.29, 0.717) is 13.2 Å². The van der Waals surface area contributed by atoms with E-state index in [1.54, 1.807) is 13.8 Å². The summed E-state index contributed by atoms with van der Waals surface area (Å²) in [5, 5.41) is 0. The Morgan fingerprint density at radius 2 is 2.00 bits per heavy atom. The molecule has 0 N–H and O–H groups in total. The van der Waals surface area contributed by atoms with Crippen LogP contribution in [0.4, 0.5) is 0 Å². The normalized spacial score (nSPS) is 8.73. The molecule has 0 bridgehead atoms. The highest BCUT2D eigenvalue weighted by Gasteiger charge is 2.14. The van der Waals surface area contributed by atoms with Gasteiger partial charge in [0, 0.05) is 6.54 Å². The minimum absolute atomic E-state index is 0.0187. The van der Waals surface area contributed by atoms with Crippen LogP contribution in [0, 0.1) is 11.8 Å². The van der Waals surface area contributed by atoms with Gasteiger partial charge in [-0.1, -0.05) is 12.8 Å². The lowest BCUT2D eigenvalue weighted by Gasteiger charge is -2.17. The van der Waals surface area contributed by atoms with Gasteiger partial charge < -0.3 is 9.64 Å². The molecule has 84 valence electrons. The maximum absolute atomic E-state index is 11.4. The van der Waals surface area contributed by atoms with Crippen LogP contribution < -0.4 is 0 Å². The van der Waals surface area contributed by atoms with Crippen LogP contribution in [0.3, 0.4) is 0 Å². The summed E-state index contributed by atoms with van der Waals surface area (Å²) in [6.45, 7) is 6.08. The van der Waals surface area contributed by atoms with E-state index in [2.05, 4.69) is 11.8 Å². The SMILES string of the molecule is CC#CC(=O)N(CCC)CC(=O)OCC. The van der Waals surface area contributed by atoms with Gasteiger partial charge in [-0.05, 0) is 26.2 Å². The highest BCUT2D eigenvalue weighted by Crippen LogP contribution is 1.94. The molecule has 0 saturated heterocycles. The molecule has 0 saturated carbocycles. The van der Waals surface area contributed by atoms with Gasteiger partial charge in [0.15, 0.2) is 0 Å². The number of rotatable bonds is 5. The molecule has 0 atom stereocenters. The van der Waals surface area contributed by atoms with Crippen LogP contribution in [0.1, 0.15) is 27.2 Å². The lowest BCUT2D eigenvalue weighted by atomic mass is 10.3. The predicted octanol–water partition coefficient (Wildman–Crippen LogP) is 0.811. The highest BCUT2D eigenvalue weighted by molar-refractivity contribution is 5.95. The minimum Gasteiger partial charge on any atom is -0.465 e. The number of carbonyl (C=O) groups excluding carboxylic acids is 2. The maximum atomic E-state index is 11.4. The third-order valence-electron chi connectivity index (χ3n) is 1.64. The van der Waals surface area contributed by atoms with Gasteiger partial charge in [0.1, 0.15) is 6.54 Å². The Labute approximate surface area is 90.6 Å². The molecule has 0 aromatic carbocycles. The summed E-state index contributed by atoms with van der Waals surface area (Å²) >= 11 is 0. The lowest BCUT2D eigenvalue weighted by molar-refractivity contribution is -0.147. The first-order valence-electron chi connectivity index (χ1n) is 5.02. The van der Waals surface area contributed by atoms with Crippen molar-refractivity contribution in [3.8, 4) is 11.8 Å². The second-order valence-electron chi connectivity index (χ2n) is 2.91. The van der Waals surface area contributed by atoms with Crippen LogP contribution in [0.5, 0.6) is 0 Å². The van der Waals surface area contributed by atoms with E-state index < -0.39 is 5.97 Å². The summed E-state index contributed by atoms with van der Waals surface area (Å²) in [5.41, 5.74) is 0. The first kappa shape index (κ1) is 13.5. The quantitative estimate of drug-likeness (QED) is 0.499. The van der Waals surface area contributed by atoms with Crippen molar-refractivity contribution in [2.24, 2.45) is 0 Å². The Morgan fingerprint density at radius 1 is 1.33 bits per heavy atom. The van der Waals surface area contributed by atoms with E-state index >= 15 is 0 Å². The topological polar surface area (TPSA) is 46.6 Å². The summed E-state index contributed by atoms with van der Waals surface area (Å²) in [6, 6.07) is 0. The molecule has 0 radical (unpaired) electrons. The van der Waals surface area contributed by atoms with E-state index in [1.165, 1.54) is 4.90 Å². The Morgan fingerprint density at radius 3 is 2.47 bits per heavy atom. The molecule has 0 aromatic heterocycles. The summed E-state index contributed by atoms with van der Waals surface area (Å²) in [7, 11) is 0. The van der Waals surface area contributed by atoms with E-state index in [1.807, 2.05) is 6.92 Å². The average Bonchev–Trinajstić information content (AvgIpc) is 2.18. The molecule has 0 spiro atoms. The van der Waals surface area contributed by atoms with Gasteiger partial charge in [0.2, 0.25) is 0 Å². The number of ether oxygens (including phenoxy) is 1. The number of carbonyl (C=O) groups is 2. The van der Waals surface area contributed by atoms with Crippen LogP contribution in [0.2, 0.25) is 0 Å². The largest absolute Gasteiger partial charge is 0.465 e. The molecule has 4 heteroatoms. The van der Waals surface area contributed by atoms with Crippen molar-refractivity contribution in [2.75, 3.05) is 19.7 Å². The fraction of sp³-hybridized carbons (Fsp3) is 0.636. The second kappa shape index (κ2) is 7.86. The molecule has 0 fully saturated rings. The Balaban J connectivity index is 4.30. The van der Waals surface area contributed by atoms with E-state index in [-0.39, 0.29) is 12.5 Å². The molecule has 0 aliphatic heterocycles. The molecular formula is C11H17NO3. The number of amides is 1. The number of hydrogen-bond donors (Lipinski definition) is 0. The van der Waals surface area contributed by atoms with Crippen LogP contribution in [0.15, 0.2) is 0 Å². The standard InChI is InChI=1S/C11H17NO3/c1-4-7-10(13)12(8-5-2)9-11(14)15-6-3/h5-6,8-9H2,1-3H3. The molecule has 0 rings (SSSR count). The van der Waals surface area contributed by atoms with Gasteiger partial charge in [-0.2, -0.15) is 0 Å². The number of esters is 1. The van der Waals surface area contributed by atoms with Crippen molar-refractivity contribution in [2.45, 2.75) is 27.2 Å². The third kappa shape index (κ3) is 5.74. The first-order valence-corrected chi connectivity index (χ1v) is 5.02. The summed E-state index contributed by atoms with van der Waals surface area (Å²) in [5.74, 6) is 4.21. The van der Waals surface area contributed by atoms with E-state index in [0.717, 1.165) is 6.42 Å². The summed E-state index contributed by atoms with van der Waals surface area (Å²) in [4.78, 5) is 24.0. The second-order valence-corrected chi connectivity index (χ2v) is 2.91. The van der Waals surface area contributed by atoms with Crippen LogP contribution in [0.25, 0.3) is 0 Å². The van der Waals surface area contributed by atoms with E-state index in [4.69, 9.17) is 4.74 Å². The Bertz CT molecular complexity index is 275. The van der Waals surface area contributed by atoms with E-state index in [9.17, 15) is 9.59 Å². The van der Waals surface area contributed by atoms with Crippen molar-refractivity contribution in [1.82, 2.24) is 4.90 Å². The smallest absolute Gasteiger partial charge is 0.325 e. The van der Waals surface area contributed by atoms with Gasteiger partial charge in [0.05, 0.1) is 6.61 Å². The Hall–Kier alpha value is -1.50. The van der Waals surface area contributed by atoms with Crippen molar-refractivity contribution >= 4 is 11.9 Å². The van der Waals surface area contributed by atoms with Gasteiger partial charge in [-0.15, -0.1) is 0 Å².